The fraction of sp³-hybridized carbons (Fsp3) is 1.00. The molecule has 0 saturated heterocycles. The monoisotopic (exact) mass is 257 g/mol. The third kappa shape index (κ3) is 6.83. The van der Waals surface area contributed by atoms with E-state index in [1.807, 2.05) is 0 Å². The maximum atomic E-state index is 9.32. The van der Waals surface area contributed by atoms with Crippen molar-refractivity contribution < 1.29 is 40.9 Å². The van der Waals surface area contributed by atoms with Crippen LogP contribution in [0.3, 0.4) is 0 Å². The zero-order valence-corrected chi connectivity index (χ0v) is 9.01. The molecule has 17 heavy (non-hydrogen) atoms. The quantitative estimate of drug-likeness (QED) is 0.192. The molecule has 0 saturated carbocycles. The highest BCUT2D eigenvalue weighted by atomic mass is 16.7. The van der Waals surface area contributed by atoms with Crippen LogP contribution in [0.2, 0.25) is 0 Å². The van der Waals surface area contributed by atoms with Gasteiger partial charge in [0.1, 0.15) is 18.3 Å². The first-order chi connectivity index (χ1) is 7.69. The van der Waals surface area contributed by atoms with E-state index in [2.05, 4.69) is 5.32 Å². The van der Waals surface area contributed by atoms with Crippen LogP contribution >= 0.6 is 0 Å². The van der Waals surface area contributed by atoms with E-state index < -0.39 is 43.5 Å². The number of hydrogen-bond donors (Lipinski definition) is 9. The molecule has 0 unspecified atom stereocenters. The van der Waals surface area contributed by atoms with Gasteiger partial charge in [-0.3, -0.25) is 0 Å². The molecule has 0 rings (SSSR count). The van der Waals surface area contributed by atoms with Crippen LogP contribution in [0.4, 0.5) is 0 Å². The topological polar surface area (TPSA) is 174 Å². The van der Waals surface area contributed by atoms with Crippen molar-refractivity contribution in [3.05, 3.63) is 0 Å². The van der Waals surface area contributed by atoms with Gasteiger partial charge in [0, 0.05) is 6.54 Å². The van der Waals surface area contributed by atoms with Gasteiger partial charge in [-0.15, -0.1) is 0 Å². The van der Waals surface area contributed by atoms with Gasteiger partial charge in [0.2, 0.25) is 0 Å². The molecule has 0 aromatic carbocycles. The Bertz CT molecular complexity index is 208. The van der Waals surface area contributed by atoms with E-state index in [1.165, 1.54) is 0 Å². The minimum atomic E-state index is -2.95. The van der Waals surface area contributed by atoms with Crippen LogP contribution in [0.5, 0.6) is 0 Å². The molecule has 0 radical (unpaired) electrons. The van der Waals surface area contributed by atoms with Crippen molar-refractivity contribution in [2.75, 3.05) is 19.7 Å². The van der Waals surface area contributed by atoms with E-state index in [-0.39, 0.29) is 6.54 Å². The van der Waals surface area contributed by atoms with Gasteiger partial charge in [-0.05, 0) is 0 Å². The zero-order valence-electron chi connectivity index (χ0n) is 9.01. The molecule has 4 atom stereocenters. The molecule has 0 aliphatic heterocycles. The number of aliphatic hydroxyl groups excluding tert-OH is 5. The molecule has 0 aromatic heterocycles. The minimum Gasteiger partial charge on any atom is -0.394 e. The van der Waals surface area contributed by atoms with Crippen LogP contribution in [0.25, 0.3) is 0 Å². The number of aliphatic hydroxyl groups is 8. The molecule has 0 aliphatic carbocycles. The van der Waals surface area contributed by atoms with Gasteiger partial charge < -0.3 is 46.2 Å². The molecule has 0 fully saturated rings. The third-order valence-corrected chi connectivity index (χ3v) is 2.04. The Morgan fingerprint density at radius 1 is 0.882 bits per heavy atom. The third-order valence-electron chi connectivity index (χ3n) is 2.04. The maximum Gasteiger partial charge on any atom is 0.288 e. The lowest BCUT2D eigenvalue weighted by Gasteiger charge is -2.26. The van der Waals surface area contributed by atoms with E-state index in [1.54, 1.807) is 0 Å². The second-order valence-corrected chi connectivity index (χ2v) is 3.70. The summed E-state index contributed by atoms with van der Waals surface area (Å²) in [4.78, 5) is 0. The van der Waals surface area contributed by atoms with E-state index in [9.17, 15) is 15.3 Å². The highest BCUT2D eigenvalue weighted by molar-refractivity contribution is 4.81. The summed E-state index contributed by atoms with van der Waals surface area (Å²) < 4.78 is 0. The van der Waals surface area contributed by atoms with Crippen LogP contribution in [0.1, 0.15) is 0 Å². The molecule has 0 aromatic rings. The first kappa shape index (κ1) is 16.6. The summed E-state index contributed by atoms with van der Waals surface area (Å²) in [6, 6.07) is 0. The lowest BCUT2D eigenvalue weighted by atomic mass is 10.0. The lowest BCUT2D eigenvalue weighted by molar-refractivity contribution is -0.306. The molecule has 0 amide bonds. The Labute approximate surface area is 97.2 Å². The van der Waals surface area contributed by atoms with Crippen molar-refractivity contribution in [3.63, 3.8) is 0 Å². The van der Waals surface area contributed by atoms with Gasteiger partial charge in [-0.25, -0.2) is 0 Å². The first-order valence-electron chi connectivity index (χ1n) is 4.90. The summed E-state index contributed by atoms with van der Waals surface area (Å²) in [5, 5.41) is 73.0. The van der Waals surface area contributed by atoms with Gasteiger partial charge in [0.15, 0.2) is 0 Å². The van der Waals surface area contributed by atoms with Crippen molar-refractivity contribution in [1.82, 2.24) is 5.32 Å². The molecular weight excluding hydrogens is 238 g/mol. The van der Waals surface area contributed by atoms with Crippen LogP contribution < -0.4 is 5.32 Å². The second-order valence-electron chi connectivity index (χ2n) is 3.70. The Morgan fingerprint density at radius 3 is 1.76 bits per heavy atom. The van der Waals surface area contributed by atoms with Crippen molar-refractivity contribution in [2.45, 2.75) is 30.4 Å². The van der Waals surface area contributed by atoms with Gasteiger partial charge in [0.05, 0.1) is 19.3 Å². The Hall–Kier alpha value is -0.360. The predicted molar refractivity (Wildman–Crippen MR) is 53.4 cm³/mol. The number of rotatable bonds is 8. The first-order valence-corrected chi connectivity index (χ1v) is 4.90. The highest BCUT2D eigenvalue weighted by Gasteiger charge is 2.30. The van der Waals surface area contributed by atoms with Gasteiger partial charge in [-0.2, -0.15) is 0 Å². The summed E-state index contributed by atoms with van der Waals surface area (Å²) >= 11 is 0. The average molecular weight is 257 g/mol. The largest absolute Gasteiger partial charge is 0.394 e. The second kappa shape index (κ2) is 7.16. The van der Waals surface area contributed by atoms with Crippen LogP contribution in [-0.4, -0.2) is 90.9 Å². The predicted octanol–water partition coefficient (Wildman–Crippen LogP) is -5.36. The molecule has 9 heteroatoms. The normalized spacial score (nSPS) is 19.8. The van der Waals surface area contributed by atoms with Crippen LogP contribution in [0, 0.1) is 0 Å². The van der Waals surface area contributed by atoms with E-state index in [4.69, 9.17) is 25.5 Å². The van der Waals surface area contributed by atoms with Crippen LogP contribution in [-0.2, 0) is 0 Å². The minimum absolute atomic E-state index is 0.375. The summed E-state index contributed by atoms with van der Waals surface area (Å²) in [6.07, 6.45) is -6.63. The van der Waals surface area contributed by atoms with E-state index in [0.29, 0.717) is 0 Å². The standard InChI is InChI=1S/C8H19NO8/c10-2-5(12)7(14)6(13)4(11)1-9-3-8(15,16)17/h4-7,9-17H,1-3H2/t4-,5+,6+,7+/m0/s1. The number of hydrogen-bond acceptors (Lipinski definition) is 9. The fourth-order valence-corrected chi connectivity index (χ4v) is 1.07. The van der Waals surface area contributed by atoms with Gasteiger partial charge in [0.25, 0.3) is 5.97 Å². The molecule has 0 spiro atoms. The van der Waals surface area contributed by atoms with E-state index in [0.717, 1.165) is 0 Å². The zero-order chi connectivity index (χ0) is 13.6. The molecule has 0 aliphatic rings. The maximum absolute atomic E-state index is 9.32. The smallest absolute Gasteiger partial charge is 0.288 e. The molecule has 9 N–H and O–H groups in total. The Kier molecular flexibility index (Phi) is 7.01. The van der Waals surface area contributed by atoms with Gasteiger partial charge >= 0.3 is 0 Å². The Balaban J connectivity index is 4.01. The number of nitrogens with one attached hydrogen (secondary N) is 1. The highest BCUT2D eigenvalue weighted by Crippen LogP contribution is 2.04. The average Bonchev–Trinajstić information content (AvgIpc) is 2.24. The summed E-state index contributed by atoms with van der Waals surface area (Å²) in [5.74, 6) is -2.95. The summed E-state index contributed by atoms with van der Waals surface area (Å²) in [5.41, 5.74) is 0. The molecule has 0 bridgehead atoms. The SMILES string of the molecule is OC[C@@H](O)[C@@H](O)[C@H](O)[C@@H](O)CNCC(O)(O)O. The van der Waals surface area contributed by atoms with Crippen molar-refractivity contribution >= 4 is 0 Å². The van der Waals surface area contributed by atoms with Crippen molar-refractivity contribution in [2.24, 2.45) is 0 Å². The fourth-order valence-electron chi connectivity index (χ4n) is 1.07. The van der Waals surface area contributed by atoms with E-state index >= 15 is 0 Å². The summed E-state index contributed by atoms with van der Waals surface area (Å²) in [7, 11) is 0. The van der Waals surface area contributed by atoms with Gasteiger partial charge in [-0.1, -0.05) is 0 Å². The lowest BCUT2D eigenvalue weighted by Crippen LogP contribution is -2.50. The van der Waals surface area contributed by atoms with Crippen molar-refractivity contribution in [3.8, 4) is 0 Å². The molecule has 104 valence electrons. The summed E-state index contributed by atoms with van der Waals surface area (Å²) in [6.45, 7) is -1.85. The molecular formula is C8H19NO8. The van der Waals surface area contributed by atoms with Crippen molar-refractivity contribution in [1.29, 1.82) is 0 Å². The molecule has 0 heterocycles. The molecule has 9 nitrogen and oxygen atoms in total. The van der Waals surface area contributed by atoms with Crippen LogP contribution in [0.15, 0.2) is 0 Å². The Morgan fingerprint density at radius 2 is 1.35 bits per heavy atom.